The molecule has 3 nitrogen and oxygen atoms in total. The number of rotatable bonds is 2. The van der Waals surface area contributed by atoms with Crippen molar-refractivity contribution >= 4 is 23.2 Å². The van der Waals surface area contributed by atoms with E-state index in [9.17, 15) is 4.79 Å². The molecule has 0 bridgehead atoms. The molecule has 0 fully saturated rings. The highest BCUT2D eigenvalue weighted by molar-refractivity contribution is 6.31. The molecule has 4 heteroatoms. The van der Waals surface area contributed by atoms with Crippen molar-refractivity contribution in [2.75, 3.05) is 5.32 Å². The summed E-state index contributed by atoms with van der Waals surface area (Å²) in [7, 11) is 0. The molecule has 1 amide bonds. The van der Waals surface area contributed by atoms with Crippen LogP contribution in [0.2, 0.25) is 5.02 Å². The Morgan fingerprint density at radius 3 is 2.68 bits per heavy atom. The first kappa shape index (κ1) is 13.1. The molecular formula is C15H11ClN2O. The first-order chi connectivity index (χ1) is 9.11. The van der Waals surface area contributed by atoms with Crippen LogP contribution < -0.4 is 5.32 Å². The van der Waals surface area contributed by atoms with Gasteiger partial charge in [0.05, 0.1) is 11.3 Å². The SMILES string of the molecule is Cc1ccccc1C(=O)Nc1cc(Cl)ccc1C#N. The second kappa shape index (κ2) is 5.55. The number of nitrogens with one attached hydrogen (secondary N) is 1. The van der Waals surface area contributed by atoms with Crippen LogP contribution in [0.15, 0.2) is 42.5 Å². The number of aryl methyl sites for hydroxylation is 1. The van der Waals surface area contributed by atoms with Gasteiger partial charge in [-0.2, -0.15) is 5.26 Å². The fourth-order valence-electron chi connectivity index (χ4n) is 1.73. The molecule has 0 aliphatic carbocycles. The average molecular weight is 271 g/mol. The number of carbonyl (C=O) groups is 1. The molecule has 1 N–H and O–H groups in total. The molecule has 19 heavy (non-hydrogen) atoms. The zero-order valence-corrected chi connectivity index (χ0v) is 11.0. The van der Waals surface area contributed by atoms with Crippen molar-refractivity contribution in [3.63, 3.8) is 0 Å². The third-order valence-corrected chi connectivity index (χ3v) is 2.98. The molecular weight excluding hydrogens is 260 g/mol. The van der Waals surface area contributed by atoms with Gasteiger partial charge in [-0.15, -0.1) is 0 Å². The Morgan fingerprint density at radius 2 is 2.00 bits per heavy atom. The summed E-state index contributed by atoms with van der Waals surface area (Å²) in [5.74, 6) is -0.253. The molecule has 94 valence electrons. The molecule has 0 unspecified atom stereocenters. The van der Waals surface area contributed by atoms with Crippen LogP contribution >= 0.6 is 11.6 Å². The lowest BCUT2D eigenvalue weighted by atomic mass is 10.1. The van der Waals surface area contributed by atoms with Gasteiger partial charge in [-0.1, -0.05) is 29.8 Å². The summed E-state index contributed by atoms with van der Waals surface area (Å²) < 4.78 is 0. The topological polar surface area (TPSA) is 52.9 Å². The number of benzene rings is 2. The number of halogens is 1. The third-order valence-electron chi connectivity index (χ3n) is 2.74. The van der Waals surface area contributed by atoms with Crippen molar-refractivity contribution in [1.82, 2.24) is 0 Å². The van der Waals surface area contributed by atoms with Gasteiger partial charge in [0, 0.05) is 10.6 Å². The van der Waals surface area contributed by atoms with Crippen LogP contribution in [0.4, 0.5) is 5.69 Å². The van der Waals surface area contributed by atoms with Gasteiger partial charge in [-0.05, 0) is 36.8 Å². The molecule has 2 aromatic rings. The van der Waals surface area contributed by atoms with E-state index in [1.54, 1.807) is 30.3 Å². The van der Waals surface area contributed by atoms with E-state index in [0.29, 0.717) is 21.8 Å². The van der Waals surface area contributed by atoms with E-state index in [0.717, 1.165) is 5.56 Å². The maximum Gasteiger partial charge on any atom is 0.255 e. The van der Waals surface area contributed by atoms with Gasteiger partial charge in [0.25, 0.3) is 5.91 Å². The Bertz CT molecular complexity index is 674. The minimum Gasteiger partial charge on any atom is -0.321 e. The van der Waals surface area contributed by atoms with Gasteiger partial charge >= 0.3 is 0 Å². The molecule has 0 aliphatic rings. The highest BCUT2D eigenvalue weighted by Gasteiger charge is 2.11. The van der Waals surface area contributed by atoms with Gasteiger partial charge in [-0.25, -0.2) is 0 Å². The van der Waals surface area contributed by atoms with E-state index in [1.165, 1.54) is 0 Å². The van der Waals surface area contributed by atoms with Crippen molar-refractivity contribution in [3.8, 4) is 6.07 Å². The second-order valence-corrected chi connectivity index (χ2v) is 4.51. The number of anilines is 1. The summed E-state index contributed by atoms with van der Waals surface area (Å²) in [4.78, 5) is 12.2. The second-order valence-electron chi connectivity index (χ2n) is 4.07. The Kier molecular flexibility index (Phi) is 3.84. The first-order valence-electron chi connectivity index (χ1n) is 5.68. The van der Waals surface area contributed by atoms with Crippen molar-refractivity contribution in [1.29, 1.82) is 5.26 Å². The van der Waals surface area contributed by atoms with Gasteiger partial charge in [-0.3, -0.25) is 4.79 Å². The van der Waals surface area contributed by atoms with Crippen LogP contribution in [-0.2, 0) is 0 Å². The smallest absolute Gasteiger partial charge is 0.255 e. The van der Waals surface area contributed by atoms with E-state index < -0.39 is 0 Å². The van der Waals surface area contributed by atoms with Gasteiger partial charge in [0.2, 0.25) is 0 Å². The Morgan fingerprint density at radius 1 is 1.26 bits per heavy atom. The highest BCUT2D eigenvalue weighted by atomic mass is 35.5. The van der Waals surface area contributed by atoms with Gasteiger partial charge in [0.1, 0.15) is 6.07 Å². The number of hydrogen-bond acceptors (Lipinski definition) is 2. The van der Waals surface area contributed by atoms with Crippen molar-refractivity contribution in [2.45, 2.75) is 6.92 Å². The van der Waals surface area contributed by atoms with Gasteiger partial charge < -0.3 is 5.32 Å². The van der Waals surface area contributed by atoms with Crippen LogP contribution in [-0.4, -0.2) is 5.91 Å². The predicted octanol–water partition coefficient (Wildman–Crippen LogP) is 3.77. The summed E-state index contributed by atoms with van der Waals surface area (Å²) in [6.45, 7) is 1.86. The maximum absolute atomic E-state index is 12.2. The third kappa shape index (κ3) is 2.93. The lowest BCUT2D eigenvalue weighted by Crippen LogP contribution is -2.14. The number of nitrogens with zero attached hydrogens (tertiary/aromatic N) is 1. The van der Waals surface area contributed by atoms with Gasteiger partial charge in [0.15, 0.2) is 0 Å². The van der Waals surface area contributed by atoms with E-state index in [1.807, 2.05) is 25.1 Å². The molecule has 0 heterocycles. The molecule has 0 aromatic heterocycles. The molecule has 2 rings (SSSR count). The van der Waals surface area contributed by atoms with Crippen LogP contribution in [0.1, 0.15) is 21.5 Å². The highest BCUT2D eigenvalue weighted by Crippen LogP contribution is 2.21. The van der Waals surface area contributed by atoms with Crippen molar-refractivity contribution in [2.24, 2.45) is 0 Å². The van der Waals surface area contributed by atoms with Crippen molar-refractivity contribution < 1.29 is 4.79 Å². The van der Waals surface area contributed by atoms with E-state index in [-0.39, 0.29) is 5.91 Å². The Balaban J connectivity index is 2.32. The number of carbonyl (C=O) groups excluding carboxylic acids is 1. The molecule has 0 atom stereocenters. The van der Waals surface area contributed by atoms with Crippen LogP contribution in [0.5, 0.6) is 0 Å². The summed E-state index contributed by atoms with van der Waals surface area (Å²) in [6.07, 6.45) is 0. The van der Waals surface area contributed by atoms with Crippen LogP contribution in [0.25, 0.3) is 0 Å². The standard InChI is InChI=1S/C15H11ClN2O/c1-10-4-2-3-5-13(10)15(19)18-14-8-12(16)7-6-11(14)9-17/h2-8H,1H3,(H,18,19). The lowest BCUT2D eigenvalue weighted by Gasteiger charge is -2.09. The molecule has 0 radical (unpaired) electrons. The van der Waals surface area contributed by atoms with E-state index in [4.69, 9.17) is 16.9 Å². The number of hydrogen-bond donors (Lipinski definition) is 1. The van der Waals surface area contributed by atoms with E-state index >= 15 is 0 Å². The van der Waals surface area contributed by atoms with Crippen molar-refractivity contribution in [3.05, 3.63) is 64.2 Å². The number of amides is 1. The average Bonchev–Trinajstić information content (AvgIpc) is 2.39. The molecule has 0 aliphatic heterocycles. The summed E-state index contributed by atoms with van der Waals surface area (Å²) in [6, 6.07) is 14.0. The van der Waals surface area contributed by atoms with Crippen LogP contribution in [0.3, 0.4) is 0 Å². The Labute approximate surface area is 116 Å². The normalized spacial score (nSPS) is 9.74. The molecule has 2 aromatic carbocycles. The summed E-state index contributed by atoms with van der Waals surface area (Å²) in [5, 5.41) is 12.2. The predicted molar refractivity (Wildman–Crippen MR) is 75.3 cm³/mol. The number of nitriles is 1. The molecule has 0 saturated carbocycles. The maximum atomic E-state index is 12.2. The summed E-state index contributed by atoms with van der Waals surface area (Å²) >= 11 is 5.87. The first-order valence-corrected chi connectivity index (χ1v) is 6.06. The molecule has 0 spiro atoms. The zero-order valence-electron chi connectivity index (χ0n) is 10.3. The fourth-order valence-corrected chi connectivity index (χ4v) is 1.91. The monoisotopic (exact) mass is 270 g/mol. The molecule has 0 saturated heterocycles. The zero-order chi connectivity index (χ0) is 13.8. The fraction of sp³-hybridized carbons (Fsp3) is 0.0667. The minimum absolute atomic E-state index is 0.253. The van der Waals surface area contributed by atoms with Crippen LogP contribution in [0, 0.1) is 18.3 Å². The lowest BCUT2D eigenvalue weighted by molar-refractivity contribution is 0.102. The minimum atomic E-state index is -0.253. The summed E-state index contributed by atoms with van der Waals surface area (Å²) in [5.41, 5.74) is 2.25. The van der Waals surface area contributed by atoms with E-state index in [2.05, 4.69) is 5.32 Å². The Hall–Kier alpha value is -2.31. The largest absolute Gasteiger partial charge is 0.321 e. The quantitative estimate of drug-likeness (QED) is 0.903.